The summed E-state index contributed by atoms with van der Waals surface area (Å²) in [7, 11) is 1.89. The van der Waals surface area contributed by atoms with E-state index in [-0.39, 0.29) is 23.0 Å². The molecule has 0 radical (unpaired) electrons. The number of aromatic nitrogens is 3. The normalized spacial score (nSPS) is 13.4. The molecule has 1 aliphatic carbocycles. The molecule has 0 aliphatic heterocycles. The predicted octanol–water partition coefficient (Wildman–Crippen LogP) is 5.77. The smallest absolute Gasteiger partial charge is 0.267 e. The number of carbonyl (C=O) groups is 2. The van der Waals surface area contributed by atoms with Crippen LogP contribution in [0.1, 0.15) is 43.3 Å². The molecule has 6 rings (SSSR count). The highest BCUT2D eigenvalue weighted by Gasteiger charge is 2.34. The number of nitrogens with zero attached hydrogens (tertiary/aromatic N) is 3. The van der Waals surface area contributed by atoms with Gasteiger partial charge in [-0.25, -0.2) is 0 Å². The zero-order valence-electron chi connectivity index (χ0n) is 19.3. The molecule has 0 N–H and O–H groups in total. The number of Topliss-reactive ketones (excluding diaryl/α,β-unsaturated/α-hetero) is 2. The van der Waals surface area contributed by atoms with Crippen molar-refractivity contribution < 1.29 is 14.0 Å². The third kappa shape index (κ3) is 2.88. The highest BCUT2D eigenvalue weighted by molar-refractivity contribution is 6.42. The van der Waals surface area contributed by atoms with Crippen molar-refractivity contribution in [1.29, 1.82) is 0 Å². The fourth-order valence-electron chi connectivity index (χ4n) is 4.96. The van der Waals surface area contributed by atoms with E-state index in [1.807, 2.05) is 35.9 Å². The lowest BCUT2D eigenvalue weighted by Crippen LogP contribution is -2.01. The van der Waals surface area contributed by atoms with Gasteiger partial charge in [-0.1, -0.05) is 42.0 Å². The lowest BCUT2D eigenvalue weighted by atomic mass is 9.99. The van der Waals surface area contributed by atoms with Crippen LogP contribution in [0, 0.1) is 20.8 Å². The molecule has 34 heavy (non-hydrogen) atoms. The summed E-state index contributed by atoms with van der Waals surface area (Å²) in [4.78, 5) is 35.3. The Balaban J connectivity index is 1.42. The molecule has 0 atom stereocenters. The van der Waals surface area contributed by atoms with Crippen molar-refractivity contribution in [2.45, 2.75) is 20.8 Å². The van der Waals surface area contributed by atoms with Crippen LogP contribution in [0.5, 0.6) is 0 Å². The topological polar surface area (TPSA) is 78.0 Å². The van der Waals surface area contributed by atoms with Gasteiger partial charge in [0.05, 0.1) is 5.57 Å². The number of rotatable bonds is 2. The van der Waals surface area contributed by atoms with Gasteiger partial charge < -0.3 is 8.98 Å². The third-order valence-corrected chi connectivity index (χ3v) is 6.48. The van der Waals surface area contributed by atoms with Gasteiger partial charge in [-0.05, 0) is 54.8 Å². The first-order valence-corrected chi connectivity index (χ1v) is 11.1. The molecule has 2 heterocycles. The molecule has 6 heteroatoms. The summed E-state index contributed by atoms with van der Waals surface area (Å²) in [5, 5.41) is 1.84. The van der Waals surface area contributed by atoms with Gasteiger partial charge in [-0.2, -0.15) is 9.97 Å². The molecule has 3 aromatic carbocycles. The lowest BCUT2D eigenvalue weighted by Gasteiger charge is -2.10. The second-order valence-corrected chi connectivity index (χ2v) is 8.91. The number of allylic oxidation sites excluding steroid dienone is 1. The average Bonchev–Trinajstić information content (AvgIpc) is 3.40. The van der Waals surface area contributed by atoms with Gasteiger partial charge in [0.15, 0.2) is 11.6 Å². The minimum Gasteiger partial charge on any atom is -0.417 e. The molecule has 166 valence electrons. The number of benzene rings is 3. The van der Waals surface area contributed by atoms with Crippen molar-refractivity contribution >= 4 is 39.8 Å². The fraction of sp³-hybridized carbons (Fsp3) is 0.143. The minimum absolute atomic E-state index is 0.0577. The minimum atomic E-state index is -0.312. The lowest BCUT2D eigenvalue weighted by molar-refractivity contribution is 0.0990. The number of aryl methyl sites for hydroxylation is 4. The van der Waals surface area contributed by atoms with Crippen LogP contribution in [0.2, 0.25) is 0 Å². The number of ketones is 2. The van der Waals surface area contributed by atoms with Crippen LogP contribution < -0.4 is 0 Å². The maximum Gasteiger partial charge on any atom is 0.267 e. The highest BCUT2D eigenvalue weighted by Crippen LogP contribution is 2.33. The van der Waals surface area contributed by atoms with E-state index in [1.165, 1.54) is 11.6 Å². The predicted molar refractivity (Wildman–Crippen MR) is 131 cm³/mol. The molecular formula is C28H21N3O3. The Morgan fingerprint density at radius 2 is 1.44 bits per heavy atom. The van der Waals surface area contributed by atoms with Gasteiger partial charge in [-0.3, -0.25) is 9.59 Å². The number of hydrogen-bond donors (Lipinski definition) is 0. The van der Waals surface area contributed by atoms with Crippen LogP contribution in [0.25, 0.3) is 39.6 Å². The first kappa shape index (κ1) is 20.3. The van der Waals surface area contributed by atoms with E-state index < -0.39 is 0 Å². The number of carbonyl (C=O) groups excluding carboxylic acids is 2. The van der Waals surface area contributed by atoms with Crippen LogP contribution in [0.3, 0.4) is 0 Å². The Hall–Kier alpha value is -4.32. The average molecular weight is 447 g/mol. The van der Waals surface area contributed by atoms with Gasteiger partial charge in [0, 0.05) is 29.8 Å². The zero-order chi connectivity index (χ0) is 23.7. The van der Waals surface area contributed by atoms with E-state index in [0.29, 0.717) is 22.5 Å². The maximum absolute atomic E-state index is 13.0. The van der Waals surface area contributed by atoms with Gasteiger partial charge >= 0.3 is 0 Å². The summed E-state index contributed by atoms with van der Waals surface area (Å²) in [6.07, 6.45) is 1.43. The molecule has 5 aromatic rings. The largest absolute Gasteiger partial charge is 0.417 e. The Labute approximate surface area is 195 Å². The van der Waals surface area contributed by atoms with Crippen LogP contribution in [0.4, 0.5) is 0 Å². The van der Waals surface area contributed by atoms with Gasteiger partial charge in [-0.15, -0.1) is 0 Å². The van der Waals surface area contributed by atoms with Crippen molar-refractivity contribution in [3.05, 3.63) is 87.8 Å². The summed E-state index contributed by atoms with van der Waals surface area (Å²) in [6, 6.07) is 15.5. The summed E-state index contributed by atoms with van der Waals surface area (Å²) in [6.45, 7) is 6.20. The van der Waals surface area contributed by atoms with E-state index in [0.717, 1.165) is 33.3 Å². The Kier molecular flexibility index (Phi) is 4.23. The maximum atomic E-state index is 13.0. The van der Waals surface area contributed by atoms with Gasteiger partial charge in [0.2, 0.25) is 11.5 Å². The van der Waals surface area contributed by atoms with E-state index in [9.17, 15) is 9.59 Å². The summed E-state index contributed by atoms with van der Waals surface area (Å²) < 4.78 is 7.75. The van der Waals surface area contributed by atoms with Gasteiger partial charge in [0.1, 0.15) is 5.82 Å². The standard InChI is InChI=1S/C28H21N3O3/c1-14-9-15(2)23(16(3)10-14)26-30-28-27(31(26)4)29-22(34-28)13-21-24(32)19-11-17-7-5-6-8-18(17)12-20(19)25(21)33/h5-13H,1-4H3. The SMILES string of the molecule is Cc1cc(C)c(-c2nc3oc(C=C4C(=O)c5cc6ccccc6cc5C4=O)nc3n2C)c(C)c1. The molecule has 0 spiro atoms. The molecule has 0 bridgehead atoms. The molecule has 0 saturated carbocycles. The van der Waals surface area contributed by atoms with Crippen molar-refractivity contribution in [2.24, 2.45) is 7.05 Å². The van der Waals surface area contributed by atoms with Crippen LogP contribution in [-0.4, -0.2) is 26.1 Å². The number of fused-ring (bicyclic) bond motifs is 3. The summed E-state index contributed by atoms with van der Waals surface area (Å²) in [5.41, 5.74) is 6.31. The van der Waals surface area contributed by atoms with Crippen molar-refractivity contribution in [3.8, 4) is 11.4 Å². The molecule has 6 nitrogen and oxygen atoms in total. The molecule has 1 aliphatic rings. The van der Waals surface area contributed by atoms with E-state index in [4.69, 9.17) is 4.42 Å². The van der Waals surface area contributed by atoms with E-state index in [1.54, 1.807) is 12.1 Å². The van der Waals surface area contributed by atoms with Crippen LogP contribution >= 0.6 is 0 Å². The van der Waals surface area contributed by atoms with Crippen molar-refractivity contribution in [3.63, 3.8) is 0 Å². The molecule has 0 fully saturated rings. The third-order valence-electron chi connectivity index (χ3n) is 6.48. The molecule has 0 amide bonds. The van der Waals surface area contributed by atoms with Crippen molar-refractivity contribution in [1.82, 2.24) is 14.5 Å². The number of oxazole rings is 1. The van der Waals surface area contributed by atoms with Gasteiger partial charge in [0.25, 0.3) is 5.71 Å². The number of hydrogen-bond acceptors (Lipinski definition) is 5. The fourth-order valence-corrected chi connectivity index (χ4v) is 4.96. The second-order valence-electron chi connectivity index (χ2n) is 8.91. The molecule has 2 aromatic heterocycles. The quantitative estimate of drug-likeness (QED) is 0.254. The van der Waals surface area contributed by atoms with E-state index in [2.05, 4.69) is 42.9 Å². The monoisotopic (exact) mass is 447 g/mol. The van der Waals surface area contributed by atoms with E-state index >= 15 is 0 Å². The molecular weight excluding hydrogens is 426 g/mol. The first-order valence-electron chi connectivity index (χ1n) is 11.1. The highest BCUT2D eigenvalue weighted by atomic mass is 16.4. The number of imidazole rings is 1. The van der Waals surface area contributed by atoms with Crippen LogP contribution in [0.15, 0.2) is 58.5 Å². The molecule has 0 saturated heterocycles. The second kappa shape index (κ2) is 7.09. The zero-order valence-corrected chi connectivity index (χ0v) is 19.3. The van der Waals surface area contributed by atoms with Crippen molar-refractivity contribution in [2.75, 3.05) is 0 Å². The summed E-state index contributed by atoms with van der Waals surface area (Å²) >= 11 is 0. The molecule has 0 unspecified atom stereocenters. The Morgan fingerprint density at radius 3 is 2.00 bits per heavy atom. The van der Waals surface area contributed by atoms with Crippen LogP contribution in [-0.2, 0) is 7.05 Å². The Morgan fingerprint density at radius 1 is 0.853 bits per heavy atom. The summed E-state index contributed by atoms with van der Waals surface area (Å²) in [5.74, 6) is 0.328. The Bertz CT molecular complexity index is 1650. The first-order chi connectivity index (χ1) is 16.3.